The molecule has 1 aliphatic rings. The average molecular weight is 291 g/mol. The SMILES string of the molecule is CCC1(C)CCN(Cc2cccc([N+](=O)[O-])c2NC)CC1. The van der Waals surface area contributed by atoms with Gasteiger partial charge in [-0.05, 0) is 36.9 Å². The Hall–Kier alpha value is -1.62. The number of rotatable bonds is 5. The highest BCUT2D eigenvalue weighted by atomic mass is 16.6. The molecule has 0 radical (unpaired) electrons. The minimum absolute atomic E-state index is 0.158. The zero-order valence-corrected chi connectivity index (χ0v) is 13.2. The number of nitro benzene ring substituents is 1. The smallest absolute Gasteiger partial charge is 0.292 e. The van der Waals surface area contributed by atoms with Crippen LogP contribution < -0.4 is 5.32 Å². The molecule has 0 unspecified atom stereocenters. The van der Waals surface area contributed by atoms with E-state index in [1.807, 2.05) is 6.07 Å². The van der Waals surface area contributed by atoms with Gasteiger partial charge in [-0.2, -0.15) is 0 Å². The van der Waals surface area contributed by atoms with Crippen LogP contribution in [0.1, 0.15) is 38.7 Å². The van der Waals surface area contributed by atoms with Gasteiger partial charge in [0.2, 0.25) is 0 Å². The number of benzene rings is 1. The van der Waals surface area contributed by atoms with Crippen molar-refractivity contribution in [3.8, 4) is 0 Å². The van der Waals surface area contributed by atoms with Crippen LogP contribution in [0.25, 0.3) is 0 Å². The Morgan fingerprint density at radius 1 is 1.38 bits per heavy atom. The van der Waals surface area contributed by atoms with Crippen LogP contribution in [0.2, 0.25) is 0 Å². The Morgan fingerprint density at radius 3 is 2.57 bits per heavy atom. The summed E-state index contributed by atoms with van der Waals surface area (Å²) >= 11 is 0. The van der Waals surface area contributed by atoms with Gasteiger partial charge in [0.25, 0.3) is 5.69 Å². The number of likely N-dealkylation sites (tertiary alicyclic amines) is 1. The van der Waals surface area contributed by atoms with Crippen LogP contribution in [0, 0.1) is 15.5 Å². The molecule has 0 amide bonds. The molecule has 0 atom stereocenters. The van der Waals surface area contributed by atoms with Gasteiger partial charge in [-0.3, -0.25) is 15.0 Å². The third kappa shape index (κ3) is 3.53. The molecule has 1 heterocycles. The van der Waals surface area contributed by atoms with Crippen molar-refractivity contribution >= 4 is 11.4 Å². The molecule has 5 nitrogen and oxygen atoms in total. The van der Waals surface area contributed by atoms with E-state index in [2.05, 4.69) is 24.1 Å². The summed E-state index contributed by atoms with van der Waals surface area (Å²) < 4.78 is 0. The van der Waals surface area contributed by atoms with E-state index in [1.54, 1.807) is 19.2 Å². The van der Waals surface area contributed by atoms with Gasteiger partial charge < -0.3 is 5.32 Å². The van der Waals surface area contributed by atoms with Crippen LogP contribution in [0.3, 0.4) is 0 Å². The fourth-order valence-electron chi connectivity index (χ4n) is 3.00. The van der Waals surface area contributed by atoms with Gasteiger partial charge in [-0.25, -0.2) is 0 Å². The molecule has 1 aromatic carbocycles. The fourth-order valence-corrected chi connectivity index (χ4v) is 3.00. The second kappa shape index (κ2) is 6.43. The van der Waals surface area contributed by atoms with E-state index in [0.29, 0.717) is 11.1 Å². The lowest BCUT2D eigenvalue weighted by atomic mass is 9.78. The molecule has 1 saturated heterocycles. The summed E-state index contributed by atoms with van der Waals surface area (Å²) in [7, 11) is 1.75. The molecule has 1 aromatic rings. The van der Waals surface area contributed by atoms with Gasteiger partial charge >= 0.3 is 0 Å². The second-order valence-electron chi connectivity index (χ2n) is 6.26. The van der Waals surface area contributed by atoms with Gasteiger partial charge in [-0.15, -0.1) is 0 Å². The Labute approximate surface area is 126 Å². The van der Waals surface area contributed by atoms with Gasteiger partial charge in [0.15, 0.2) is 0 Å². The second-order valence-corrected chi connectivity index (χ2v) is 6.26. The molecular formula is C16H25N3O2. The largest absolute Gasteiger partial charge is 0.382 e. The number of hydrogen-bond donors (Lipinski definition) is 1. The third-order valence-corrected chi connectivity index (χ3v) is 4.89. The van der Waals surface area contributed by atoms with Gasteiger partial charge in [0, 0.05) is 19.7 Å². The summed E-state index contributed by atoms with van der Waals surface area (Å²) in [6.45, 7) is 7.52. The first kappa shape index (κ1) is 15.8. The van der Waals surface area contributed by atoms with Crippen molar-refractivity contribution in [3.05, 3.63) is 33.9 Å². The lowest BCUT2D eigenvalue weighted by Gasteiger charge is -2.39. The number of anilines is 1. The summed E-state index contributed by atoms with van der Waals surface area (Å²) in [6, 6.07) is 5.31. The van der Waals surface area contributed by atoms with Gasteiger partial charge in [0.1, 0.15) is 5.69 Å². The van der Waals surface area contributed by atoms with Crippen LogP contribution in [0.4, 0.5) is 11.4 Å². The Kier molecular flexibility index (Phi) is 4.83. The zero-order chi connectivity index (χ0) is 15.5. The fraction of sp³-hybridized carbons (Fsp3) is 0.625. The molecule has 0 aromatic heterocycles. The Bertz CT molecular complexity index is 508. The van der Waals surface area contributed by atoms with Gasteiger partial charge in [0.05, 0.1) is 4.92 Å². The first-order chi connectivity index (χ1) is 9.99. The molecule has 116 valence electrons. The molecule has 0 saturated carbocycles. The predicted molar refractivity (Wildman–Crippen MR) is 85.6 cm³/mol. The number of piperidine rings is 1. The predicted octanol–water partition coefficient (Wildman–Crippen LogP) is 3.65. The first-order valence-electron chi connectivity index (χ1n) is 7.65. The molecule has 1 aliphatic heterocycles. The molecule has 0 spiro atoms. The van der Waals surface area contributed by atoms with Crippen LogP contribution in [0.15, 0.2) is 18.2 Å². The number of nitro groups is 1. The third-order valence-electron chi connectivity index (χ3n) is 4.89. The lowest BCUT2D eigenvalue weighted by molar-refractivity contribution is -0.384. The van der Waals surface area contributed by atoms with E-state index in [4.69, 9.17) is 0 Å². The van der Waals surface area contributed by atoms with E-state index in [1.165, 1.54) is 19.3 Å². The minimum atomic E-state index is -0.320. The molecule has 1 fully saturated rings. The van der Waals surface area contributed by atoms with E-state index in [0.717, 1.165) is 25.2 Å². The number of hydrogen-bond acceptors (Lipinski definition) is 4. The normalized spacial score (nSPS) is 18.4. The summed E-state index contributed by atoms with van der Waals surface area (Å²) in [5.41, 5.74) is 2.27. The summed E-state index contributed by atoms with van der Waals surface area (Å²) in [5, 5.41) is 14.1. The quantitative estimate of drug-likeness (QED) is 0.664. The maximum Gasteiger partial charge on any atom is 0.292 e. The topological polar surface area (TPSA) is 58.4 Å². The van der Waals surface area contributed by atoms with Crippen LogP contribution in [-0.2, 0) is 6.54 Å². The molecule has 0 bridgehead atoms. The number of nitrogens with zero attached hydrogens (tertiary/aromatic N) is 2. The first-order valence-corrected chi connectivity index (χ1v) is 7.65. The van der Waals surface area contributed by atoms with Crippen molar-refractivity contribution in [1.29, 1.82) is 0 Å². The molecule has 21 heavy (non-hydrogen) atoms. The maximum absolute atomic E-state index is 11.1. The van der Waals surface area contributed by atoms with Crippen molar-refractivity contribution in [1.82, 2.24) is 4.90 Å². The van der Waals surface area contributed by atoms with E-state index in [9.17, 15) is 10.1 Å². The molecule has 2 rings (SSSR count). The summed E-state index contributed by atoms with van der Waals surface area (Å²) in [6.07, 6.45) is 3.63. The highest BCUT2D eigenvalue weighted by Crippen LogP contribution is 2.35. The molecular weight excluding hydrogens is 266 g/mol. The van der Waals surface area contributed by atoms with Crippen molar-refractivity contribution in [2.45, 2.75) is 39.7 Å². The molecule has 0 aliphatic carbocycles. The van der Waals surface area contributed by atoms with Crippen LogP contribution in [0.5, 0.6) is 0 Å². The minimum Gasteiger partial charge on any atom is -0.382 e. The van der Waals surface area contributed by atoms with Crippen molar-refractivity contribution in [3.63, 3.8) is 0 Å². The van der Waals surface area contributed by atoms with Crippen LogP contribution in [-0.4, -0.2) is 30.0 Å². The number of para-hydroxylation sites is 1. The monoisotopic (exact) mass is 291 g/mol. The van der Waals surface area contributed by atoms with Crippen molar-refractivity contribution in [2.24, 2.45) is 5.41 Å². The lowest BCUT2D eigenvalue weighted by Crippen LogP contribution is -2.38. The van der Waals surface area contributed by atoms with Crippen LogP contribution >= 0.6 is 0 Å². The molecule has 5 heteroatoms. The zero-order valence-electron chi connectivity index (χ0n) is 13.2. The van der Waals surface area contributed by atoms with Crippen molar-refractivity contribution < 1.29 is 4.92 Å². The Balaban J connectivity index is 2.11. The van der Waals surface area contributed by atoms with E-state index < -0.39 is 0 Å². The average Bonchev–Trinajstić information content (AvgIpc) is 2.49. The van der Waals surface area contributed by atoms with E-state index >= 15 is 0 Å². The molecule has 1 N–H and O–H groups in total. The highest BCUT2D eigenvalue weighted by molar-refractivity contribution is 5.66. The Morgan fingerprint density at radius 2 is 2.05 bits per heavy atom. The standard InChI is InChI=1S/C16H25N3O2/c1-4-16(2)8-10-18(11-9-16)12-13-6-5-7-14(19(20)21)15(13)17-3/h5-7,17H,4,8-12H2,1-3H3. The number of nitrogens with one attached hydrogen (secondary N) is 1. The summed E-state index contributed by atoms with van der Waals surface area (Å²) in [5.74, 6) is 0. The maximum atomic E-state index is 11.1. The highest BCUT2D eigenvalue weighted by Gasteiger charge is 2.28. The van der Waals surface area contributed by atoms with Crippen molar-refractivity contribution in [2.75, 3.05) is 25.5 Å². The summed E-state index contributed by atoms with van der Waals surface area (Å²) in [4.78, 5) is 13.2. The van der Waals surface area contributed by atoms with Gasteiger partial charge in [-0.1, -0.05) is 32.4 Å². The van der Waals surface area contributed by atoms with E-state index in [-0.39, 0.29) is 10.6 Å².